The highest BCUT2D eigenvalue weighted by Gasteiger charge is 2.16. The lowest BCUT2D eigenvalue weighted by Gasteiger charge is -2.23. The molecule has 0 unspecified atom stereocenters. The van der Waals surface area contributed by atoms with E-state index in [9.17, 15) is 4.79 Å². The molecule has 0 atom stereocenters. The van der Waals surface area contributed by atoms with E-state index >= 15 is 0 Å². The Balaban J connectivity index is 2.38. The molecule has 5 heteroatoms. The summed E-state index contributed by atoms with van der Waals surface area (Å²) in [7, 11) is 0. The van der Waals surface area contributed by atoms with Crippen LogP contribution in [0.1, 0.15) is 13.8 Å². The molecule has 0 aromatic carbocycles. The van der Waals surface area contributed by atoms with Gasteiger partial charge in [0.05, 0.1) is 13.2 Å². The van der Waals surface area contributed by atoms with Crippen molar-refractivity contribution in [1.29, 1.82) is 0 Å². The van der Waals surface area contributed by atoms with Crippen LogP contribution in [0.4, 0.5) is 5.69 Å². The fourth-order valence-electron chi connectivity index (χ4n) is 1.02. The van der Waals surface area contributed by atoms with Gasteiger partial charge in [-0.1, -0.05) is 0 Å². The van der Waals surface area contributed by atoms with E-state index in [0.29, 0.717) is 5.69 Å². The molecule has 1 rings (SSSR count). The molecular formula is C11H17N3O2. The zero-order valence-corrected chi connectivity index (χ0v) is 9.53. The standard InChI is InChI=1S/C11H17N3O2/c1-11(2,8-15)13-7-10(16)14-9-3-5-12-6-4-9/h3-6,13,15H,7-8H2,1-2H3,(H,12,14,16). The highest BCUT2D eigenvalue weighted by Crippen LogP contribution is 2.03. The minimum Gasteiger partial charge on any atom is -0.394 e. The number of rotatable bonds is 5. The van der Waals surface area contributed by atoms with Crippen LogP contribution in [0.25, 0.3) is 0 Å². The van der Waals surface area contributed by atoms with Gasteiger partial charge in [0.2, 0.25) is 5.91 Å². The first-order valence-corrected chi connectivity index (χ1v) is 5.09. The monoisotopic (exact) mass is 223 g/mol. The highest BCUT2D eigenvalue weighted by atomic mass is 16.3. The number of nitrogens with one attached hydrogen (secondary N) is 2. The van der Waals surface area contributed by atoms with Crippen LogP contribution in [0.2, 0.25) is 0 Å². The summed E-state index contributed by atoms with van der Waals surface area (Å²) in [6.45, 7) is 3.80. The van der Waals surface area contributed by atoms with Crippen molar-refractivity contribution in [3.8, 4) is 0 Å². The molecule has 5 nitrogen and oxygen atoms in total. The van der Waals surface area contributed by atoms with Crippen molar-refractivity contribution in [2.45, 2.75) is 19.4 Å². The van der Waals surface area contributed by atoms with Crippen LogP contribution in [0.15, 0.2) is 24.5 Å². The lowest BCUT2D eigenvalue weighted by Crippen LogP contribution is -2.46. The summed E-state index contributed by atoms with van der Waals surface area (Å²) in [5.74, 6) is -0.146. The normalized spacial score (nSPS) is 11.2. The number of amides is 1. The number of pyridine rings is 1. The second kappa shape index (κ2) is 5.58. The van der Waals surface area contributed by atoms with Crippen LogP contribution in [0, 0.1) is 0 Å². The Hall–Kier alpha value is -1.46. The molecule has 1 heterocycles. The maximum absolute atomic E-state index is 11.5. The highest BCUT2D eigenvalue weighted by molar-refractivity contribution is 5.92. The lowest BCUT2D eigenvalue weighted by molar-refractivity contribution is -0.115. The summed E-state index contributed by atoms with van der Waals surface area (Å²) in [5.41, 5.74) is 0.263. The fraction of sp³-hybridized carbons (Fsp3) is 0.455. The number of aromatic nitrogens is 1. The molecule has 0 fully saturated rings. The lowest BCUT2D eigenvalue weighted by atomic mass is 10.1. The number of anilines is 1. The zero-order chi connectivity index (χ0) is 12.0. The van der Waals surface area contributed by atoms with E-state index in [4.69, 9.17) is 5.11 Å². The van der Waals surface area contributed by atoms with Crippen molar-refractivity contribution in [2.75, 3.05) is 18.5 Å². The van der Waals surface area contributed by atoms with Crippen molar-refractivity contribution < 1.29 is 9.90 Å². The van der Waals surface area contributed by atoms with Crippen molar-refractivity contribution in [3.05, 3.63) is 24.5 Å². The molecular weight excluding hydrogens is 206 g/mol. The van der Waals surface area contributed by atoms with Gasteiger partial charge >= 0.3 is 0 Å². The predicted octanol–water partition coefficient (Wildman–Crippen LogP) is 0.381. The number of aliphatic hydroxyl groups excluding tert-OH is 1. The Morgan fingerprint density at radius 1 is 1.44 bits per heavy atom. The van der Waals surface area contributed by atoms with E-state index < -0.39 is 5.54 Å². The first-order valence-electron chi connectivity index (χ1n) is 5.09. The fourth-order valence-corrected chi connectivity index (χ4v) is 1.02. The van der Waals surface area contributed by atoms with E-state index in [2.05, 4.69) is 15.6 Å². The quantitative estimate of drug-likeness (QED) is 0.674. The van der Waals surface area contributed by atoms with Crippen LogP contribution in [0.3, 0.4) is 0 Å². The van der Waals surface area contributed by atoms with Gasteiger partial charge in [-0.05, 0) is 26.0 Å². The molecule has 3 N–H and O–H groups in total. The molecule has 0 aliphatic heterocycles. The molecule has 16 heavy (non-hydrogen) atoms. The topological polar surface area (TPSA) is 74.2 Å². The molecule has 0 aliphatic carbocycles. The third-order valence-electron chi connectivity index (χ3n) is 2.09. The molecule has 0 radical (unpaired) electrons. The molecule has 1 aromatic rings. The number of hydrogen-bond donors (Lipinski definition) is 3. The van der Waals surface area contributed by atoms with Crippen molar-refractivity contribution in [3.63, 3.8) is 0 Å². The Bertz CT molecular complexity index is 338. The number of carbonyl (C=O) groups is 1. The Morgan fingerprint density at radius 2 is 2.06 bits per heavy atom. The summed E-state index contributed by atoms with van der Waals surface area (Å²) >= 11 is 0. The first-order chi connectivity index (χ1) is 7.53. The summed E-state index contributed by atoms with van der Waals surface area (Å²) < 4.78 is 0. The van der Waals surface area contributed by atoms with E-state index in [1.807, 2.05) is 13.8 Å². The Labute approximate surface area is 94.9 Å². The molecule has 0 spiro atoms. The average Bonchev–Trinajstić information content (AvgIpc) is 2.28. The minimum atomic E-state index is -0.449. The third-order valence-corrected chi connectivity index (χ3v) is 2.09. The second-order valence-electron chi connectivity index (χ2n) is 4.18. The first kappa shape index (κ1) is 12.6. The van der Waals surface area contributed by atoms with Crippen LogP contribution in [0.5, 0.6) is 0 Å². The number of carbonyl (C=O) groups excluding carboxylic acids is 1. The number of nitrogens with zero attached hydrogens (tertiary/aromatic N) is 1. The van der Waals surface area contributed by atoms with Gasteiger partial charge in [-0.2, -0.15) is 0 Å². The maximum atomic E-state index is 11.5. The number of hydrogen-bond acceptors (Lipinski definition) is 4. The van der Waals surface area contributed by atoms with Gasteiger partial charge in [-0.15, -0.1) is 0 Å². The minimum absolute atomic E-state index is 0.0183. The van der Waals surface area contributed by atoms with E-state index in [1.54, 1.807) is 24.5 Å². The van der Waals surface area contributed by atoms with Gasteiger partial charge < -0.3 is 15.7 Å². The summed E-state index contributed by atoms with van der Waals surface area (Å²) in [4.78, 5) is 15.4. The molecule has 0 aliphatic rings. The van der Waals surface area contributed by atoms with Gasteiger partial charge in [0, 0.05) is 23.6 Å². The largest absolute Gasteiger partial charge is 0.394 e. The van der Waals surface area contributed by atoms with E-state index in [0.717, 1.165) is 0 Å². The van der Waals surface area contributed by atoms with Crippen LogP contribution >= 0.6 is 0 Å². The Kier molecular flexibility index (Phi) is 4.39. The smallest absolute Gasteiger partial charge is 0.238 e. The molecule has 1 amide bonds. The summed E-state index contributed by atoms with van der Waals surface area (Å²) in [6.07, 6.45) is 3.22. The predicted molar refractivity (Wildman–Crippen MR) is 62.0 cm³/mol. The summed E-state index contributed by atoms with van der Waals surface area (Å²) in [6, 6.07) is 3.43. The summed E-state index contributed by atoms with van der Waals surface area (Å²) in [5, 5.41) is 14.7. The van der Waals surface area contributed by atoms with Gasteiger partial charge in [0.15, 0.2) is 0 Å². The molecule has 0 bridgehead atoms. The molecule has 0 saturated heterocycles. The Morgan fingerprint density at radius 3 is 2.62 bits per heavy atom. The van der Waals surface area contributed by atoms with Gasteiger partial charge in [-0.3, -0.25) is 9.78 Å². The van der Waals surface area contributed by atoms with E-state index in [-0.39, 0.29) is 19.1 Å². The second-order valence-corrected chi connectivity index (χ2v) is 4.18. The van der Waals surface area contributed by atoms with Crippen molar-refractivity contribution in [2.24, 2.45) is 0 Å². The van der Waals surface area contributed by atoms with Crippen LogP contribution in [-0.2, 0) is 4.79 Å². The maximum Gasteiger partial charge on any atom is 0.238 e. The average molecular weight is 223 g/mol. The van der Waals surface area contributed by atoms with Crippen LogP contribution in [-0.4, -0.2) is 34.7 Å². The van der Waals surface area contributed by atoms with Crippen molar-refractivity contribution in [1.82, 2.24) is 10.3 Å². The van der Waals surface area contributed by atoms with E-state index in [1.165, 1.54) is 0 Å². The third kappa shape index (κ3) is 4.37. The number of aliphatic hydroxyl groups is 1. The SMILES string of the molecule is CC(C)(CO)NCC(=O)Nc1ccncc1. The van der Waals surface area contributed by atoms with Gasteiger partial charge in [-0.25, -0.2) is 0 Å². The van der Waals surface area contributed by atoms with Gasteiger partial charge in [0.25, 0.3) is 0 Å². The molecule has 88 valence electrons. The zero-order valence-electron chi connectivity index (χ0n) is 9.53. The van der Waals surface area contributed by atoms with Crippen LogP contribution < -0.4 is 10.6 Å². The van der Waals surface area contributed by atoms with Gasteiger partial charge in [0.1, 0.15) is 0 Å². The molecule has 0 saturated carbocycles. The van der Waals surface area contributed by atoms with Crippen molar-refractivity contribution >= 4 is 11.6 Å². The molecule has 1 aromatic heterocycles.